The Morgan fingerprint density at radius 1 is 1.39 bits per heavy atom. The van der Waals surface area contributed by atoms with Crippen LogP contribution in [0.1, 0.15) is 25.5 Å². The minimum atomic E-state index is 0.274. The second kappa shape index (κ2) is 6.14. The van der Waals surface area contributed by atoms with E-state index in [9.17, 15) is 0 Å². The van der Waals surface area contributed by atoms with Gasteiger partial charge in [-0.2, -0.15) is 0 Å². The van der Waals surface area contributed by atoms with Gasteiger partial charge in [0.1, 0.15) is 5.75 Å². The molecule has 0 aliphatic carbocycles. The molecule has 4 heteroatoms. The average molecular weight is 264 g/mol. The first kappa shape index (κ1) is 13.3. The van der Waals surface area contributed by atoms with Gasteiger partial charge in [-0.15, -0.1) is 0 Å². The van der Waals surface area contributed by atoms with E-state index >= 15 is 0 Å². The molecule has 0 aromatic heterocycles. The molecule has 18 heavy (non-hydrogen) atoms. The number of hydrogen-bond donors (Lipinski definition) is 1. The molecule has 0 spiro atoms. The Morgan fingerprint density at radius 3 is 2.67 bits per heavy atom. The number of ether oxygens (including phenoxy) is 1. The van der Waals surface area contributed by atoms with Crippen LogP contribution in [0, 0.1) is 5.92 Å². The molecular weight excluding hydrogens is 244 g/mol. The predicted octanol–water partition coefficient (Wildman–Crippen LogP) is 3.08. The number of thioether (sulfide) groups is 1. The minimum absolute atomic E-state index is 0.274. The topological polar surface area (TPSA) is 33.6 Å². The van der Waals surface area contributed by atoms with Gasteiger partial charge in [-0.25, -0.2) is 0 Å². The fourth-order valence-corrected chi connectivity index (χ4v) is 2.78. The lowest BCUT2D eigenvalue weighted by Crippen LogP contribution is -2.28. The molecule has 0 fully saturated rings. The van der Waals surface area contributed by atoms with Crippen molar-refractivity contribution < 1.29 is 4.74 Å². The lowest BCUT2D eigenvalue weighted by atomic mass is 10.1. The number of nitrogens with zero attached hydrogens (tertiary/aromatic N) is 1. The Kier molecular flexibility index (Phi) is 4.53. The van der Waals surface area contributed by atoms with E-state index in [1.54, 1.807) is 7.11 Å². The first-order valence-corrected chi connectivity index (χ1v) is 7.25. The molecule has 1 aliphatic heterocycles. The van der Waals surface area contributed by atoms with Crippen LogP contribution in [0.4, 0.5) is 0 Å². The lowest BCUT2D eigenvalue weighted by molar-refractivity contribution is 0.414. The molecule has 0 amide bonds. The average Bonchev–Trinajstić information content (AvgIpc) is 2.41. The normalized spacial score (nSPS) is 21.1. The number of nitrogens with one attached hydrogen (secondary N) is 1. The first-order chi connectivity index (χ1) is 8.69. The molecule has 2 atom stereocenters. The van der Waals surface area contributed by atoms with Gasteiger partial charge in [0.2, 0.25) is 0 Å². The lowest BCUT2D eigenvalue weighted by Gasteiger charge is -2.21. The fourth-order valence-electron chi connectivity index (χ4n) is 1.81. The molecule has 1 aromatic carbocycles. The predicted molar refractivity (Wildman–Crippen MR) is 78.5 cm³/mol. The zero-order valence-corrected chi connectivity index (χ0v) is 12.0. The zero-order chi connectivity index (χ0) is 13.0. The summed E-state index contributed by atoms with van der Waals surface area (Å²) >= 11 is 1.82. The van der Waals surface area contributed by atoms with Gasteiger partial charge >= 0.3 is 0 Å². The van der Waals surface area contributed by atoms with Crippen LogP contribution in [0.2, 0.25) is 0 Å². The summed E-state index contributed by atoms with van der Waals surface area (Å²) in [6, 6.07) is 8.44. The maximum Gasteiger partial charge on any atom is 0.157 e. The van der Waals surface area contributed by atoms with Crippen LogP contribution in [-0.4, -0.2) is 24.6 Å². The van der Waals surface area contributed by atoms with Crippen molar-refractivity contribution in [2.24, 2.45) is 10.9 Å². The van der Waals surface area contributed by atoms with Crippen LogP contribution < -0.4 is 10.1 Å². The number of rotatable bonds is 3. The van der Waals surface area contributed by atoms with E-state index in [-0.39, 0.29) is 6.04 Å². The molecule has 0 saturated carbocycles. The van der Waals surface area contributed by atoms with Crippen molar-refractivity contribution in [2.75, 3.05) is 19.4 Å². The summed E-state index contributed by atoms with van der Waals surface area (Å²) in [6.45, 7) is 5.33. The summed E-state index contributed by atoms with van der Waals surface area (Å²) in [5.74, 6) is 2.74. The van der Waals surface area contributed by atoms with Gasteiger partial charge in [0.25, 0.3) is 0 Å². The van der Waals surface area contributed by atoms with Gasteiger partial charge in [0, 0.05) is 12.3 Å². The summed E-state index contributed by atoms with van der Waals surface area (Å²) in [5.41, 5.74) is 1.25. The highest BCUT2D eigenvalue weighted by molar-refractivity contribution is 8.13. The van der Waals surface area contributed by atoms with E-state index < -0.39 is 0 Å². The van der Waals surface area contributed by atoms with Gasteiger partial charge in [0.15, 0.2) is 5.17 Å². The van der Waals surface area contributed by atoms with Crippen LogP contribution in [0.15, 0.2) is 29.3 Å². The second-order valence-electron chi connectivity index (χ2n) is 4.70. The van der Waals surface area contributed by atoms with Crippen LogP contribution in [0.25, 0.3) is 0 Å². The molecule has 98 valence electrons. The molecule has 1 aromatic rings. The van der Waals surface area contributed by atoms with E-state index in [1.165, 1.54) is 5.56 Å². The van der Waals surface area contributed by atoms with E-state index in [4.69, 9.17) is 4.74 Å². The number of methoxy groups -OCH3 is 1. The van der Waals surface area contributed by atoms with Gasteiger partial charge in [0.05, 0.1) is 13.2 Å². The maximum absolute atomic E-state index is 5.16. The molecule has 1 N–H and O–H groups in total. The van der Waals surface area contributed by atoms with Crippen molar-refractivity contribution in [3.8, 4) is 5.75 Å². The summed E-state index contributed by atoms with van der Waals surface area (Å²) in [6.07, 6.45) is 0. The summed E-state index contributed by atoms with van der Waals surface area (Å²) in [7, 11) is 1.69. The third-order valence-corrected chi connectivity index (χ3v) is 4.26. The Hall–Kier alpha value is -1.16. The maximum atomic E-state index is 5.16. The zero-order valence-electron chi connectivity index (χ0n) is 11.1. The van der Waals surface area contributed by atoms with E-state index in [2.05, 4.69) is 36.3 Å². The molecule has 3 nitrogen and oxygen atoms in total. The molecule has 0 saturated heterocycles. The highest BCUT2D eigenvalue weighted by Gasteiger charge is 2.14. The Balaban J connectivity index is 1.96. The quantitative estimate of drug-likeness (QED) is 0.911. The summed E-state index contributed by atoms with van der Waals surface area (Å²) < 4.78 is 5.16. The Labute approximate surface area is 113 Å². The monoisotopic (exact) mass is 264 g/mol. The molecule has 1 aliphatic rings. The summed E-state index contributed by atoms with van der Waals surface area (Å²) in [5, 5.41) is 4.53. The van der Waals surface area contributed by atoms with Gasteiger partial charge in [-0.1, -0.05) is 30.8 Å². The van der Waals surface area contributed by atoms with Crippen molar-refractivity contribution in [3.05, 3.63) is 29.8 Å². The highest BCUT2D eigenvalue weighted by atomic mass is 32.2. The molecule has 0 radical (unpaired) electrons. The molecule has 2 unspecified atom stereocenters. The van der Waals surface area contributed by atoms with E-state index in [0.717, 1.165) is 23.2 Å². The molecular formula is C14H20N2OS. The van der Waals surface area contributed by atoms with Gasteiger partial charge in [-0.05, 0) is 30.5 Å². The second-order valence-corrected chi connectivity index (χ2v) is 5.71. The van der Waals surface area contributed by atoms with Crippen LogP contribution >= 0.6 is 11.8 Å². The standard InChI is InChI=1S/C14H20N2OS/c1-10-8-15-14(18-9-10)16-11(2)12-4-6-13(17-3)7-5-12/h4-7,10-11H,8-9H2,1-3H3,(H,15,16). The van der Waals surface area contributed by atoms with Crippen molar-refractivity contribution in [1.29, 1.82) is 0 Å². The van der Waals surface area contributed by atoms with Crippen molar-refractivity contribution in [2.45, 2.75) is 19.9 Å². The number of hydrogen-bond acceptors (Lipinski definition) is 4. The third kappa shape index (κ3) is 3.42. The minimum Gasteiger partial charge on any atom is -0.497 e. The van der Waals surface area contributed by atoms with Crippen molar-refractivity contribution >= 4 is 16.9 Å². The smallest absolute Gasteiger partial charge is 0.157 e. The molecule has 1 heterocycles. The largest absolute Gasteiger partial charge is 0.497 e. The highest BCUT2D eigenvalue weighted by Crippen LogP contribution is 2.21. The molecule has 2 rings (SSSR count). The van der Waals surface area contributed by atoms with Crippen molar-refractivity contribution in [3.63, 3.8) is 0 Å². The van der Waals surface area contributed by atoms with Crippen LogP contribution in [0.5, 0.6) is 5.75 Å². The van der Waals surface area contributed by atoms with E-state index in [1.807, 2.05) is 23.9 Å². The van der Waals surface area contributed by atoms with Crippen molar-refractivity contribution in [1.82, 2.24) is 5.32 Å². The fraction of sp³-hybridized carbons (Fsp3) is 0.500. The number of aliphatic imine (C=N–C) groups is 1. The number of amidine groups is 1. The molecule has 0 bridgehead atoms. The Morgan fingerprint density at radius 2 is 2.11 bits per heavy atom. The first-order valence-electron chi connectivity index (χ1n) is 6.26. The van der Waals surface area contributed by atoms with Gasteiger partial charge < -0.3 is 10.1 Å². The summed E-state index contributed by atoms with van der Waals surface area (Å²) in [4.78, 5) is 4.55. The SMILES string of the molecule is COc1ccc(C(C)NC2=NCC(C)CS2)cc1. The van der Waals surface area contributed by atoms with Crippen LogP contribution in [-0.2, 0) is 0 Å². The van der Waals surface area contributed by atoms with E-state index in [0.29, 0.717) is 5.92 Å². The third-order valence-electron chi connectivity index (χ3n) is 3.01. The number of benzene rings is 1. The van der Waals surface area contributed by atoms with Crippen LogP contribution in [0.3, 0.4) is 0 Å². The Bertz CT molecular complexity index is 416. The van der Waals surface area contributed by atoms with Gasteiger partial charge in [-0.3, -0.25) is 4.99 Å².